The van der Waals surface area contributed by atoms with Gasteiger partial charge in [0.1, 0.15) is 0 Å². The minimum Gasteiger partial charge on any atom is -0.384 e. The van der Waals surface area contributed by atoms with Crippen LogP contribution in [0.2, 0.25) is 0 Å². The third-order valence-electron chi connectivity index (χ3n) is 5.52. The van der Waals surface area contributed by atoms with Gasteiger partial charge in [-0.25, -0.2) is 4.98 Å². The zero-order chi connectivity index (χ0) is 17.1. The second kappa shape index (κ2) is 7.40. The molecule has 0 radical (unpaired) electrons. The van der Waals surface area contributed by atoms with Gasteiger partial charge in [-0.05, 0) is 63.9 Å². The molecule has 0 spiro atoms. The Morgan fingerprint density at radius 2 is 1.56 bits per heavy atom. The third-order valence-corrected chi connectivity index (χ3v) is 5.52. The Balaban J connectivity index is 1.48. The van der Waals surface area contributed by atoms with Gasteiger partial charge in [0.2, 0.25) is 0 Å². The van der Waals surface area contributed by atoms with Crippen molar-refractivity contribution in [1.29, 1.82) is 0 Å². The van der Waals surface area contributed by atoms with Crippen molar-refractivity contribution in [1.82, 2.24) is 9.88 Å². The highest BCUT2D eigenvalue weighted by Gasteiger charge is 2.16. The van der Waals surface area contributed by atoms with Gasteiger partial charge in [-0.15, -0.1) is 0 Å². The summed E-state index contributed by atoms with van der Waals surface area (Å²) in [5, 5.41) is 6.17. The van der Waals surface area contributed by atoms with E-state index in [1.165, 1.54) is 55.2 Å². The summed E-state index contributed by atoms with van der Waals surface area (Å²) < 4.78 is 0. The summed E-state index contributed by atoms with van der Waals surface area (Å²) in [6.07, 6.45) is 5.29. The Labute approximate surface area is 150 Å². The standard InChI is InChI=1S/C22H27N3/c1-25-15-12-17(13-16-25)7-6-14-23-22-18-8-2-4-10-20(18)24-21-11-5-3-9-19(21)22/h2-5,8-11,17H,6-7,12-16H2,1H3,(H,23,24). The van der Waals surface area contributed by atoms with Crippen LogP contribution in [0.25, 0.3) is 21.8 Å². The van der Waals surface area contributed by atoms with Crippen molar-refractivity contribution in [2.75, 3.05) is 32.0 Å². The van der Waals surface area contributed by atoms with Crippen LogP contribution in [0, 0.1) is 5.92 Å². The zero-order valence-corrected chi connectivity index (χ0v) is 15.0. The number of pyridine rings is 1. The maximum absolute atomic E-state index is 4.80. The SMILES string of the molecule is CN1CCC(CCCNc2c3ccccc3nc3ccccc23)CC1. The van der Waals surface area contributed by atoms with Gasteiger partial charge in [0.15, 0.2) is 0 Å². The molecule has 1 aliphatic rings. The van der Waals surface area contributed by atoms with Crippen molar-refractivity contribution < 1.29 is 0 Å². The summed E-state index contributed by atoms with van der Waals surface area (Å²) in [5.74, 6) is 0.906. The van der Waals surface area contributed by atoms with Crippen LogP contribution in [0.5, 0.6) is 0 Å². The first-order valence-corrected chi connectivity index (χ1v) is 9.51. The molecule has 1 fully saturated rings. The normalized spacial score (nSPS) is 16.5. The molecule has 1 N–H and O–H groups in total. The summed E-state index contributed by atoms with van der Waals surface area (Å²) in [4.78, 5) is 7.25. The second-order valence-electron chi connectivity index (χ2n) is 7.34. The molecule has 0 aliphatic carbocycles. The number of benzene rings is 2. The molecule has 1 saturated heterocycles. The smallest absolute Gasteiger partial charge is 0.0730 e. The lowest BCUT2D eigenvalue weighted by atomic mass is 9.92. The van der Waals surface area contributed by atoms with E-state index in [-0.39, 0.29) is 0 Å². The molecule has 0 saturated carbocycles. The predicted octanol–water partition coefficient (Wildman–Crippen LogP) is 4.92. The van der Waals surface area contributed by atoms with Gasteiger partial charge in [0.25, 0.3) is 0 Å². The number of aromatic nitrogens is 1. The van der Waals surface area contributed by atoms with Gasteiger partial charge < -0.3 is 10.2 Å². The number of fused-ring (bicyclic) bond motifs is 2. The van der Waals surface area contributed by atoms with E-state index in [9.17, 15) is 0 Å². The molecular weight excluding hydrogens is 306 g/mol. The van der Waals surface area contributed by atoms with E-state index < -0.39 is 0 Å². The van der Waals surface area contributed by atoms with Gasteiger partial charge in [-0.2, -0.15) is 0 Å². The summed E-state index contributed by atoms with van der Waals surface area (Å²) >= 11 is 0. The molecule has 2 heterocycles. The Bertz CT molecular complexity index is 796. The molecule has 130 valence electrons. The van der Waals surface area contributed by atoms with Crippen LogP contribution in [0.3, 0.4) is 0 Å². The average Bonchev–Trinajstić information content (AvgIpc) is 2.66. The number of piperidine rings is 1. The van der Waals surface area contributed by atoms with E-state index in [1.807, 2.05) is 0 Å². The minimum atomic E-state index is 0.906. The van der Waals surface area contributed by atoms with Crippen molar-refractivity contribution >= 4 is 27.5 Å². The molecule has 1 aromatic heterocycles. The zero-order valence-electron chi connectivity index (χ0n) is 15.0. The maximum Gasteiger partial charge on any atom is 0.0730 e. The lowest BCUT2D eigenvalue weighted by molar-refractivity contribution is 0.211. The van der Waals surface area contributed by atoms with Crippen molar-refractivity contribution in [3.63, 3.8) is 0 Å². The number of anilines is 1. The van der Waals surface area contributed by atoms with Gasteiger partial charge in [0, 0.05) is 17.3 Å². The molecule has 3 aromatic rings. The maximum atomic E-state index is 4.80. The Hall–Kier alpha value is -2.13. The highest BCUT2D eigenvalue weighted by molar-refractivity contribution is 6.07. The number of nitrogens with zero attached hydrogens (tertiary/aromatic N) is 2. The van der Waals surface area contributed by atoms with Crippen molar-refractivity contribution in [3.8, 4) is 0 Å². The molecule has 2 aromatic carbocycles. The monoisotopic (exact) mass is 333 g/mol. The molecule has 0 bridgehead atoms. The fourth-order valence-corrected chi connectivity index (χ4v) is 3.99. The second-order valence-corrected chi connectivity index (χ2v) is 7.34. The summed E-state index contributed by atoms with van der Waals surface area (Å²) in [6, 6.07) is 16.9. The first kappa shape index (κ1) is 16.3. The molecule has 4 rings (SSSR count). The highest BCUT2D eigenvalue weighted by atomic mass is 15.1. The minimum absolute atomic E-state index is 0.906. The Morgan fingerprint density at radius 1 is 0.960 bits per heavy atom. The van der Waals surface area contributed by atoms with Crippen LogP contribution in [0.4, 0.5) is 5.69 Å². The fraction of sp³-hybridized carbons (Fsp3) is 0.409. The van der Waals surface area contributed by atoms with Crippen LogP contribution < -0.4 is 5.32 Å². The van der Waals surface area contributed by atoms with E-state index in [4.69, 9.17) is 4.98 Å². The number of rotatable bonds is 5. The number of likely N-dealkylation sites (tertiary alicyclic amines) is 1. The van der Waals surface area contributed by atoms with Crippen LogP contribution in [-0.2, 0) is 0 Å². The van der Waals surface area contributed by atoms with Gasteiger partial charge >= 0.3 is 0 Å². The third kappa shape index (κ3) is 3.62. The lowest BCUT2D eigenvalue weighted by Gasteiger charge is -2.28. The number of hydrogen-bond acceptors (Lipinski definition) is 3. The van der Waals surface area contributed by atoms with Gasteiger partial charge in [0.05, 0.1) is 16.7 Å². The van der Waals surface area contributed by atoms with E-state index in [0.29, 0.717) is 0 Å². The molecule has 3 heteroatoms. The number of nitrogens with one attached hydrogen (secondary N) is 1. The van der Waals surface area contributed by atoms with Crippen LogP contribution in [0.1, 0.15) is 25.7 Å². The first-order valence-electron chi connectivity index (χ1n) is 9.51. The largest absolute Gasteiger partial charge is 0.384 e. The number of para-hydroxylation sites is 2. The molecule has 0 atom stereocenters. The van der Waals surface area contributed by atoms with Gasteiger partial charge in [-0.1, -0.05) is 36.4 Å². The Kier molecular flexibility index (Phi) is 4.84. The molecule has 0 amide bonds. The quantitative estimate of drug-likeness (QED) is 0.530. The predicted molar refractivity (Wildman–Crippen MR) is 107 cm³/mol. The van der Waals surface area contributed by atoms with E-state index in [0.717, 1.165) is 23.5 Å². The summed E-state index contributed by atoms with van der Waals surface area (Å²) in [5.41, 5.74) is 3.38. The lowest BCUT2D eigenvalue weighted by Crippen LogP contribution is -2.30. The Morgan fingerprint density at radius 3 is 2.20 bits per heavy atom. The van der Waals surface area contributed by atoms with E-state index >= 15 is 0 Å². The molecule has 1 aliphatic heterocycles. The molecular formula is C22H27N3. The highest BCUT2D eigenvalue weighted by Crippen LogP contribution is 2.30. The summed E-state index contributed by atoms with van der Waals surface area (Å²) in [7, 11) is 2.23. The summed E-state index contributed by atoms with van der Waals surface area (Å²) in [6.45, 7) is 3.56. The van der Waals surface area contributed by atoms with Crippen LogP contribution in [-0.4, -0.2) is 36.6 Å². The van der Waals surface area contributed by atoms with Crippen molar-refractivity contribution in [2.45, 2.75) is 25.7 Å². The topological polar surface area (TPSA) is 28.2 Å². The van der Waals surface area contributed by atoms with E-state index in [2.05, 4.69) is 65.8 Å². The average molecular weight is 333 g/mol. The van der Waals surface area contributed by atoms with Crippen LogP contribution >= 0.6 is 0 Å². The van der Waals surface area contributed by atoms with E-state index in [1.54, 1.807) is 0 Å². The first-order chi connectivity index (χ1) is 12.3. The molecule has 25 heavy (non-hydrogen) atoms. The van der Waals surface area contributed by atoms with Crippen molar-refractivity contribution in [2.24, 2.45) is 5.92 Å². The molecule has 0 unspecified atom stereocenters. The molecule has 3 nitrogen and oxygen atoms in total. The fourth-order valence-electron chi connectivity index (χ4n) is 3.99. The van der Waals surface area contributed by atoms with Crippen LogP contribution in [0.15, 0.2) is 48.5 Å². The van der Waals surface area contributed by atoms with Gasteiger partial charge in [-0.3, -0.25) is 0 Å². The van der Waals surface area contributed by atoms with Crippen molar-refractivity contribution in [3.05, 3.63) is 48.5 Å². The number of hydrogen-bond donors (Lipinski definition) is 1.